The molecule has 1 aliphatic rings. The minimum absolute atomic E-state index is 0. The highest BCUT2D eigenvalue weighted by Crippen LogP contribution is 2.14. The fourth-order valence-electron chi connectivity index (χ4n) is 1.96. The van der Waals surface area contributed by atoms with E-state index in [-0.39, 0.29) is 24.8 Å². The van der Waals surface area contributed by atoms with E-state index < -0.39 is 0 Å². The first-order valence-corrected chi connectivity index (χ1v) is 5.66. The lowest BCUT2D eigenvalue weighted by molar-refractivity contribution is 0.00398. The van der Waals surface area contributed by atoms with E-state index in [1.54, 1.807) is 0 Å². The molecule has 0 aliphatic carbocycles. The monoisotopic (exact) mass is 281 g/mol. The number of hydrogen-bond acceptors (Lipinski definition) is 3. The average Bonchev–Trinajstić information content (AvgIpc) is 2.68. The molecule has 4 nitrogen and oxygen atoms in total. The van der Waals surface area contributed by atoms with Gasteiger partial charge in [0.2, 0.25) is 0 Å². The van der Waals surface area contributed by atoms with Gasteiger partial charge in [0.25, 0.3) is 0 Å². The Morgan fingerprint density at radius 2 is 2.29 bits per heavy atom. The predicted molar refractivity (Wildman–Crippen MR) is 73.1 cm³/mol. The Kier molecular flexibility index (Phi) is 8.60. The van der Waals surface area contributed by atoms with Gasteiger partial charge in [0.1, 0.15) is 0 Å². The predicted octanol–water partition coefficient (Wildman–Crippen LogP) is 2.02. The minimum atomic E-state index is 0. The van der Waals surface area contributed by atoms with Gasteiger partial charge in [0.05, 0.1) is 18.8 Å². The van der Waals surface area contributed by atoms with Crippen molar-refractivity contribution in [2.75, 3.05) is 13.7 Å². The Labute approximate surface area is 115 Å². The maximum atomic E-state index is 5.67. The molecule has 2 heterocycles. The van der Waals surface area contributed by atoms with E-state index in [1.165, 1.54) is 24.8 Å². The van der Waals surface area contributed by atoms with Crippen molar-refractivity contribution in [1.82, 2.24) is 15.1 Å². The Hall–Kier alpha value is -0.290. The molecule has 0 radical (unpaired) electrons. The summed E-state index contributed by atoms with van der Waals surface area (Å²) in [6.45, 7) is 2.69. The Morgan fingerprint density at radius 3 is 2.94 bits per heavy atom. The minimum Gasteiger partial charge on any atom is -0.376 e. The van der Waals surface area contributed by atoms with Gasteiger partial charge in [-0.05, 0) is 26.3 Å². The van der Waals surface area contributed by atoms with Crippen molar-refractivity contribution in [2.24, 2.45) is 0 Å². The van der Waals surface area contributed by atoms with Crippen molar-refractivity contribution in [1.29, 1.82) is 0 Å². The normalized spacial score (nSPS) is 19.2. The van der Waals surface area contributed by atoms with Crippen LogP contribution in [0.15, 0.2) is 12.4 Å². The zero-order valence-electron chi connectivity index (χ0n) is 10.1. The van der Waals surface area contributed by atoms with Gasteiger partial charge in [-0.25, -0.2) is 0 Å². The molecule has 1 aromatic heterocycles. The zero-order valence-corrected chi connectivity index (χ0v) is 11.7. The van der Waals surface area contributed by atoms with E-state index in [1.807, 2.05) is 17.9 Å². The van der Waals surface area contributed by atoms with E-state index in [0.717, 1.165) is 19.7 Å². The number of ether oxygens (including phenoxy) is 1. The third-order valence-corrected chi connectivity index (χ3v) is 2.73. The van der Waals surface area contributed by atoms with E-state index in [0.29, 0.717) is 6.10 Å². The van der Waals surface area contributed by atoms with Gasteiger partial charge >= 0.3 is 0 Å². The third-order valence-electron chi connectivity index (χ3n) is 2.73. The van der Waals surface area contributed by atoms with Crippen LogP contribution in [0.4, 0.5) is 0 Å². The molecule has 1 saturated heterocycles. The SMILES string of the molecule is CNCc1cnn(CC2CCCCO2)c1.Cl.Cl. The summed E-state index contributed by atoms with van der Waals surface area (Å²) in [5.41, 5.74) is 1.23. The van der Waals surface area contributed by atoms with Crippen LogP contribution in [-0.2, 0) is 17.8 Å². The summed E-state index contributed by atoms with van der Waals surface area (Å²) in [4.78, 5) is 0. The molecule has 0 bridgehead atoms. The lowest BCUT2D eigenvalue weighted by Gasteiger charge is -2.22. The molecule has 6 heteroatoms. The van der Waals surface area contributed by atoms with Crippen LogP contribution in [0.3, 0.4) is 0 Å². The van der Waals surface area contributed by atoms with Crippen molar-refractivity contribution in [3.05, 3.63) is 18.0 Å². The number of hydrogen-bond donors (Lipinski definition) is 1. The second-order valence-electron chi connectivity index (χ2n) is 4.09. The molecule has 1 N–H and O–H groups in total. The Bertz CT molecular complexity index is 301. The summed E-state index contributed by atoms with van der Waals surface area (Å²) in [5.74, 6) is 0. The summed E-state index contributed by atoms with van der Waals surface area (Å²) in [7, 11) is 1.95. The lowest BCUT2D eigenvalue weighted by atomic mass is 10.1. The van der Waals surface area contributed by atoms with Crippen molar-refractivity contribution in [3.63, 3.8) is 0 Å². The van der Waals surface area contributed by atoms with Crippen LogP contribution < -0.4 is 5.32 Å². The quantitative estimate of drug-likeness (QED) is 0.918. The van der Waals surface area contributed by atoms with Crippen molar-refractivity contribution in [3.8, 4) is 0 Å². The second-order valence-corrected chi connectivity index (χ2v) is 4.09. The molecule has 1 aliphatic heterocycles. The molecule has 17 heavy (non-hydrogen) atoms. The first-order valence-electron chi connectivity index (χ1n) is 5.66. The summed E-state index contributed by atoms with van der Waals surface area (Å²) < 4.78 is 7.66. The Morgan fingerprint density at radius 1 is 1.47 bits per heavy atom. The maximum Gasteiger partial charge on any atom is 0.0770 e. The number of nitrogens with one attached hydrogen (secondary N) is 1. The van der Waals surface area contributed by atoms with Gasteiger partial charge < -0.3 is 10.1 Å². The Balaban J connectivity index is 0.00000128. The van der Waals surface area contributed by atoms with Gasteiger partial charge in [-0.15, -0.1) is 24.8 Å². The van der Waals surface area contributed by atoms with Crippen LogP contribution >= 0.6 is 24.8 Å². The molecule has 2 rings (SSSR count). The third kappa shape index (κ3) is 5.25. The molecule has 1 fully saturated rings. The van der Waals surface area contributed by atoms with E-state index in [4.69, 9.17) is 4.74 Å². The summed E-state index contributed by atoms with van der Waals surface area (Å²) >= 11 is 0. The summed E-state index contributed by atoms with van der Waals surface area (Å²) in [5, 5.41) is 7.44. The lowest BCUT2D eigenvalue weighted by Crippen LogP contribution is -2.24. The second kappa shape index (κ2) is 8.75. The van der Waals surface area contributed by atoms with Crippen molar-refractivity contribution < 1.29 is 4.74 Å². The molecular formula is C11H21Cl2N3O. The van der Waals surface area contributed by atoms with Crippen LogP contribution in [0.25, 0.3) is 0 Å². The highest BCUT2D eigenvalue weighted by Gasteiger charge is 2.14. The zero-order chi connectivity index (χ0) is 10.5. The van der Waals surface area contributed by atoms with E-state index in [9.17, 15) is 0 Å². The molecule has 1 unspecified atom stereocenters. The molecule has 0 saturated carbocycles. The van der Waals surface area contributed by atoms with Crippen LogP contribution in [0.1, 0.15) is 24.8 Å². The maximum absolute atomic E-state index is 5.67. The summed E-state index contributed by atoms with van der Waals surface area (Å²) in [6, 6.07) is 0. The van der Waals surface area contributed by atoms with Crippen LogP contribution in [0.2, 0.25) is 0 Å². The van der Waals surface area contributed by atoms with Gasteiger partial charge in [-0.2, -0.15) is 5.10 Å². The van der Waals surface area contributed by atoms with E-state index >= 15 is 0 Å². The molecular weight excluding hydrogens is 261 g/mol. The van der Waals surface area contributed by atoms with Crippen LogP contribution in [-0.4, -0.2) is 29.5 Å². The first kappa shape index (κ1) is 16.7. The fourth-order valence-corrected chi connectivity index (χ4v) is 1.96. The van der Waals surface area contributed by atoms with Gasteiger partial charge in [-0.3, -0.25) is 4.68 Å². The first-order chi connectivity index (χ1) is 7.38. The summed E-state index contributed by atoms with van der Waals surface area (Å²) in [6.07, 6.45) is 8.03. The number of nitrogens with zero attached hydrogens (tertiary/aromatic N) is 2. The van der Waals surface area contributed by atoms with Gasteiger partial charge in [0.15, 0.2) is 0 Å². The standard InChI is InChI=1S/C11H19N3O.2ClH/c1-12-6-10-7-13-14(8-10)9-11-4-2-3-5-15-11;;/h7-8,11-12H,2-6,9H2,1H3;2*1H. The highest BCUT2D eigenvalue weighted by molar-refractivity contribution is 5.85. The molecule has 0 spiro atoms. The smallest absolute Gasteiger partial charge is 0.0770 e. The number of rotatable bonds is 4. The van der Waals surface area contributed by atoms with Crippen molar-refractivity contribution in [2.45, 2.75) is 38.5 Å². The van der Waals surface area contributed by atoms with Crippen molar-refractivity contribution >= 4 is 24.8 Å². The van der Waals surface area contributed by atoms with Gasteiger partial charge in [0, 0.05) is 24.9 Å². The fraction of sp³-hybridized carbons (Fsp3) is 0.727. The molecule has 0 aromatic carbocycles. The van der Waals surface area contributed by atoms with Gasteiger partial charge in [-0.1, -0.05) is 0 Å². The number of halogens is 2. The highest BCUT2D eigenvalue weighted by atomic mass is 35.5. The average molecular weight is 282 g/mol. The molecule has 0 amide bonds. The largest absolute Gasteiger partial charge is 0.376 e. The van der Waals surface area contributed by atoms with Crippen LogP contribution in [0.5, 0.6) is 0 Å². The molecule has 100 valence electrons. The number of aromatic nitrogens is 2. The molecule has 1 atom stereocenters. The van der Waals surface area contributed by atoms with E-state index in [2.05, 4.69) is 16.6 Å². The molecule has 1 aromatic rings. The van der Waals surface area contributed by atoms with Crippen LogP contribution in [0, 0.1) is 0 Å². The topological polar surface area (TPSA) is 39.1 Å².